The van der Waals surface area contributed by atoms with Crippen LogP contribution in [0.5, 0.6) is 0 Å². The Hall–Kier alpha value is -1.74. The third-order valence-corrected chi connectivity index (χ3v) is 2.27. The van der Waals surface area contributed by atoms with Gasteiger partial charge in [-0.2, -0.15) is 0 Å². The van der Waals surface area contributed by atoms with Gasteiger partial charge in [0.05, 0.1) is 6.26 Å². The third kappa shape index (κ3) is 1.87. The molecule has 1 aromatic heterocycles. The van der Waals surface area contributed by atoms with Crippen molar-refractivity contribution in [2.45, 2.75) is 0 Å². The fourth-order valence-electron chi connectivity index (χ4n) is 1.33. The quantitative estimate of drug-likeness (QED) is 0.848. The Balaban J connectivity index is 2.49. The van der Waals surface area contributed by atoms with Crippen LogP contribution in [0, 0.1) is 0 Å². The lowest BCUT2D eigenvalue weighted by Crippen LogP contribution is -1.95. The van der Waals surface area contributed by atoms with Crippen LogP contribution in [0.25, 0.3) is 11.1 Å². The summed E-state index contributed by atoms with van der Waals surface area (Å²) in [6, 6.07) is 8.52. The molecule has 0 spiro atoms. The maximum absolute atomic E-state index is 10.8. The van der Waals surface area contributed by atoms with Gasteiger partial charge in [-0.25, -0.2) is 4.79 Å². The van der Waals surface area contributed by atoms with Gasteiger partial charge in [-0.1, -0.05) is 23.7 Å². The van der Waals surface area contributed by atoms with Crippen molar-refractivity contribution in [3.8, 4) is 11.1 Å². The van der Waals surface area contributed by atoms with E-state index in [0.29, 0.717) is 10.6 Å². The van der Waals surface area contributed by atoms with Crippen molar-refractivity contribution >= 4 is 17.6 Å². The summed E-state index contributed by atoms with van der Waals surface area (Å²) in [4.78, 5) is 10.8. The van der Waals surface area contributed by atoms with Crippen LogP contribution >= 0.6 is 11.6 Å². The number of hydrogen-bond acceptors (Lipinski definition) is 2. The number of aromatic carboxylic acids is 1. The summed E-state index contributed by atoms with van der Waals surface area (Å²) in [6.07, 6.45) is 1.35. The molecule has 2 rings (SSSR count). The summed E-state index contributed by atoms with van der Waals surface area (Å²) in [5.41, 5.74) is 1.32. The Labute approximate surface area is 90.9 Å². The number of furan rings is 1. The number of rotatable bonds is 2. The lowest BCUT2D eigenvalue weighted by atomic mass is 10.1. The predicted molar refractivity (Wildman–Crippen MR) is 56.1 cm³/mol. The Morgan fingerprint density at radius 2 is 1.87 bits per heavy atom. The predicted octanol–water partition coefficient (Wildman–Crippen LogP) is 3.30. The lowest BCUT2D eigenvalue weighted by molar-refractivity contribution is 0.0663. The molecule has 0 aliphatic heterocycles. The summed E-state index contributed by atoms with van der Waals surface area (Å²) in [5.74, 6) is -1.14. The van der Waals surface area contributed by atoms with Crippen molar-refractivity contribution in [3.05, 3.63) is 47.4 Å². The smallest absolute Gasteiger partial charge is 0.372 e. The van der Waals surface area contributed by atoms with Crippen LogP contribution in [-0.2, 0) is 0 Å². The highest BCUT2D eigenvalue weighted by atomic mass is 35.5. The van der Waals surface area contributed by atoms with Gasteiger partial charge in [-0.3, -0.25) is 0 Å². The molecule has 76 valence electrons. The SMILES string of the molecule is O=C(O)c1occc1-c1ccc(Cl)cc1. The van der Waals surface area contributed by atoms with Crippen LogP contribution in [0.2, 0.25) is 5.02 Å². The fraction of sp³-hybridized carbons (Fsp3) is 0. The molecule has 2 aromatic rings. The molecule has 0 unspecified atom stereocenters. The highest BCUT2D eigenvalue weighted by Crippen LogP contribution is 2.26. The lowest BCUT2D eigenvalue weighted by Gasteiger charge is -1.99. The van der Waals surface area contributed by atoms with Crippen molar-refractivity contribution in [1.29, 1.82) is 0 Å². The molecule has 15 heavy (non-hydrogen) atoms. The Morgan fingerprint density at radius 1 is 1.20 bits per heavy atom. The van der Waals surface area contributed by atoms with Crippen molar-refractivity contribution in [3.63, 3.8) is 0 Å². The van der Waals surface area contributed by atoms with E-state index in [-0.39, 0.29) is 5.76 Å². The third-order valence-electron chi connectivity index (χ3n) is 2.01. The second-order valence-electron chi connectivity index (χ2n) is 2.98. The first-order valence-corrected chi connectivity index (χ1v) is 4.63. The standard InChI is InChI=1S/C11H7ClO3/c12-8-3-1-7(2-4-8)9-5-6-15-10(9)11(13)14/h1-6H,(H,13,14). The first-order valence-electron chi connectivity index (χ1n) is 4.25. The number of hydrogen-bond donors (Lipinski definition) is 1. The first-order chi connectivity index (χ1) is 7.18. The van der Waals surface area contributed by atoms with Gasteiger partial charge in [0.25, 0.3) is 0 Å². The van der Waals surface area contributed by atoms with Gasteiger partial charge in [0.1, 0.15) is 0 Å². The molecule has 1 aromatic carbocycles. The van der Waals surface area contributed by atoms with Crippen LogP contribution in [0.3, 0.4) is 0 Å². The number of carboxylic acids is 1. The molecule has 1 heterocycles. The molecule has 0 aliphatic rings. The van der Waals surface area contributed by atoms with Crippen molar-refractivity contribution < 1.29 is 14.3 Å². The molecule has 0 saturated carbocycles. The molecule has 0 saturated heterocycles. The van der Waals surface area contributed by atoms with E-state index in [1.807, 2.05) is 0 Å². The molecule has 1 N–H and O–H groups in total. The summed E-state index contributed by atoms with van der Waals surface area (Å²) < 4.78 is 4.88. The van der Waals surface area contributed by atoms with Crippen LogP contribution in [0.1, 0.15) is 10.6 Å². The maximum atomic E-state index is 10.8. The normalized spacial score (nSPS) is 10.2. The van der Waals surface area contributed by atoms with Gasteiger partial charge in [-0.15, -0.1) is 0 Å². The van der Waals surface area contributed by atoms with Gasteiger partial charge in [-0.05, 0) is 23.8 Å². The van der Waals surface area contributed by atoms with Crippen molar-refractivity contribution in [1.82, 2.24) is 0 Å². The summed E-state index contributed by atoms with van der Waals surface area (Å²) in [7, 11) is 0. The zero-order valence-electron chi connectivity index (χ0n) is 7.61. The van der Waals surface area contributed by atoms with E-state index in [1.54, 1.807) is 30.3 Å². The van der Waals surface area contributed by atoms with Gasteiger partial charge in [0.2, 0.25) is 5.76 Å². The summed E-state index contributed by atoms with van der Waals surface area (Å²) >= 11 is 5.74. The molecular formula is C11H7ClO3. The zero-order chi connectivity index (χ0) is 10.8. The van der Waals surface area contributed by atoms with E-state index in [1.165, 1.54) is 6.26 Å². The topological polar surface area (TPSA) is 50.4 Å². The van der Waals surface area contributed by atoms with E-state index < -0.39 is 5.97 Å². The average molecular weight is 223 g/mol. The van der Waals surface area contributed by atoms with E-state index in [9.17, 15) is 4.79 Å². The Morgan fingerprint density at radius 3 is 2.47 bits per heavy atom. The largest absolute Gasteiger partial charge is 0.475 e. The zero-order valence-corrected chi connectivity index (χ0v) is 8.36. The van der Waals surface area contributed by atoms with Crippen LogP contribution in [0.15, 0.2) is 41.0 Å². The van der Waals surface area contributed by atoms with Gasteiger partial charge >= 0.3 is 5.97 Å². The van der Waals surface area contributed by atoms with Gasteiger partial charge in [0.15, 0.2) is 0 Å². The molecule has 0 amide bonds. The van der Waals surface area contributed by atoms with Crippen molar-refractivity contribution in [2.24, 2.45) is 0 Å². The minimum atomic E-state index is -1.08. The van der Waals surface area contributed by atoms with E-state index in [4.69, 9.17) is 21.1 Å². The molecular weight excluding hydrogens is 216 g/mol. The average Bonchev–Trinajstić information content (AvgIpc) is 2.67. The van der Waals surface area contributed by atoms with Gasteiger partial charge in [0, 0.05) is 10.6 Å². The van der Waals surface area contributed by atoms with E-state index in [2.05, 4.69) is 0 Å². The molecule has 0 bridgehead atoms. The number of carbonyl (C=O) groups is 1. The number of benzene rings is 1. The molecule has 0 aliphatic carbocycles. The minimum absolute atomic E-state index is 0.0580. The van der Waals surface area contributed by atoms with Crippen LogP contribution in [0.4, 0.5) is 0 Å². The highest BCUT2D eigenvalue weighted by Gasteiger charge is 2.14. The molecule has 4 heteroatoms. The molecule has 3 nitrogen and oxygen atoms in total. The second kappa shape index (κ2) is 3.79. The molecule has 0 fully saturated rings. The molecule has 0 atom stereocenters. The summed E-state index contributed by atoms with van der Waals surface area (Å²) in [5, 5.41) is 9.46. The molecule has 0 radical (unpaired) electrons. The van der Waals surface area contributed by atoms with E-state index in [0.717, 1.165) is 5.56 Å². The van der Waals surface area contributed by atoms with Crippen LogP contribution in [-0.4, -0.2) is 11.1 Å². The second-order valence-corrected chi connectivity index (χ2v) is 3.41. The Bertz CT molecular complexity index is 485. The Kier molecular flexibility index (Phi) is 2.47. The maximum Gasteiger partial charge on any atom is 0.372 e. The minimum Gasteiger partial charge on any atom is -0.475 e. The first kappa shape index (κ1) is 9.80. The van der Waals surface area contributed by atoms with E-state index >= 15 is 0 Å². The number of carboxylic acid groups (broad SMARTS) is 1. The van der Waals surface area contributed by atoms with Crippen molar-refractivity contribution in [2.75, 3.05) is 0 Å². The fourth-order valence-corrected chi connectivity index (χ4v) is 1.46. The summed E-state index contributed by atoms with van der Waals surface area (Å²) in [6.45, 7) is 0. The van der Waals surface area contributed by atoms with Gasteiger partial charge < -0.3 is 9.52 Å². The monoisotopic (exact) mass is 222 g/mol. The highest BCUT2D eigenvalue weighted by molar-refractivity contribution is 6.30. The number of halogens is 1. The van der Waals surface area contributed by atoms with Crippen LogP contribution < -0.4 is 0 Å².